The summed E-state index contributed by atoms with van der Waals surface area (Å²) in [4.78, 5) is 30.3. The average molecular weight is 495 g/mol. The van der Waals surface area contributed by atoms with Crippen molar-refractivity contribution in [3.05, 3.63) is 81.1 Å². The second kappa shape index (κ2) is 10.8. The van der Waals surface area contributed by atoms with Crippen molar-refractivity contribution in [3.8, 4) is 0 Å². The zero-order chi connectivity index (χ0) is 24.1. The standard InChI is InChI=1S/C25H24Cl2N6O/c1-3-22-30-24(33-25(31-22)32-23-10-15(2)14-28-23)29-18-7-4-16(5-8-18)11-19(34)12-17-6-9-20(26)21(27)13-17/h4-10,13H,3,11-12,14H2,1-2H3,(H2,28,29,30,31,32,33). The molecule has 0 atom stereocenters. The van der Waals surface area contributed by atoms with Crippen LogP contribution in [0.3, 0.4) is 0 Å². The van der Waals surface area contributed by atoms with E-state index in [0.717, 1.165) is 22.6 Å². The number of Topliss-reactive ketones (excluding diaryl/α,β-unsaturated/α-hetero) is 1. The van der Waals surface area contributed by atoms with E-state index in [4.69, 9.17) is 23.2 Å². The van der Waals surface area contributed by atoms with E-state index in [-0.39, 0.29) is 5.78 Å². The van der Waals surface area contributed by atoms with Crippen molar-refractivity contribution in [3.63, 3.8) is 0 Å². The van der Waals surface area contributed by atoms with Gasteiger partial charge in [0.25, 0.3) is 0 Å². The number of rotatable bonds is 8. The molecule has 9 heteroatoms. The van der Waals surface area contributed by atoms with E-state index in [1.54, 1.807) is 12.1 Å². The van der Waals surface area contributed by atoms with Crippen LogP contribution in [0.5, 0.6) is 0 Å². The fourth-order valence-corrected chi connectivity index (χ4v) is 3.74. The Morgan fingerprint density at radius 2 is 1.59 bits per heavy atom. The molecule has 4 rings (SSSR count). The molecule has 34 heavy (non-hydrogen) atoms. The molecule has 174 valence electrons. The van der Waals surface area contributed by atoms with Gasteiger partial charge in [0.15, 0.2) is 0 Å². The molecule has 0 aliphatic carbocycles. The van der Waals surface area contributed by atoms with Crippen LogP contribution in [-0.4, -0.2) is 33.1 Å². The van der Waals surface area contributed by atoms with Gasteiger partial charge < -0.3 is 10.6 Å². The fraction of sp³-hybridized carbons (Fsp3) is 0.240. The summed E-state index contributed by atoms with van der Waals surface area (Å²) < 4.78 is 0. The van der Waals surface area contributed by atoms with E-state index in [1.165, 1.54) is 5.57 Å². The third kappa shape index (κ3) is 6.40. The Morgan fingerprint density at radius 3 is 2.24 bits per heavy atom. The van der Waals surface area contributed by atoms with Crippen LogP contribution in [0.15, 0.2) is 59.1 Å². The highest BCUT2D eigenvalue weighted by molar-refractivity contribution is 6.42. The number of anilines is 3. The molecule has 2 N–H and O–H groups in total. The van der Waals surface area contributed by atoms with Crippen molar-refractivity contribution in [1.82, 2.24) is 15.0 Å². The first-order valence-electron chi connectivity index (χ1n) is 10.9. The molecule has 0 fully saturated rings. The molecular weight excluding hydrogens is 471 g/mol. The Hall–Kier alpha value is -3.29. The Morgan fingerprint density at radius 1 is 0.912 bits per heavy atom. The number of benzene rings is 2. The maximum absolute atomic E-state index is 12.5. The molecule has 1 aliphatic heterocycles. The highest BCUT2D eigenvalue weighted by Gasteiger charge is 2.11. The molecule has 0 unspecified atom stereocenters. The number of aromatic nitrogens is 3. The van der Waals surface area contributed by atoms with Crippen LogP contribution < -0.4 is 10.6 Å². The largest absolute Gasteiger partial charge is 0.324 e. The molecule has 0 saturated heterocycles. The number of carbonyl (C=O) groups excluding carboxylic acids is 1. The van der Waals surface area contributed by atoms with E-state index >= 15 is 0 Å². The minimum atomic E-state index is 0.0963. The summed E-state index contributed by atoms with van der Waals surface area (Å²) in [5, 5.41) is 7.29. The van der Waals surface area contributed by atoms with Gasteiger partial charge in [-0.2, -0.15) is 15.0 Å². The SMILES string of the molecule is CCc1nc(NC2=NCC(C)=C2)nc(Nc2ccc(CC(=O)Cc3ccc(Cl)c(Cl)c3)cc2)n1. The molecule has 1 aromatic heterocycles. The number of nitrogens with zero attached hydrogens (tertiary/aromatic N) is 4. The van der Waals surface area contributed by atoms with Crippen molar-refractivity contribution in [2.75, 3.05) is 17.2 Å². The van der Waals surface area contributed by atoms with Gasteiger partial charge in [0.05, 0.1) is 16.6 Å². The van der Waals surface area contributed by atoms with Crippen molar-refractivity contribution in [2.24, 2.45) is 4.99 Å². The highest BCUT2D eigenvalue weighted by Crippen LogP contribution is 2.23. The summed E-state index contributed by atoms with van der Waals surface area (Å²) >= 11 is 12.0. The minimum absolute atomic E-state index is 0.0963. The molecule has 7 nitrogen and oxygen atoms in total. The van der Waals surface area contributed by atoms with Crippen LogP contribution in [0, 0.1) is 0 Å². The van der Waals surface area contributed by atoms with Crippen molar-refractivity contribution < 1.29 is 4.79 Å². The monoisotopic (exact) mass is 494 g/mol. The van der Waals surface area contributed by atoms with Crippen molar-refractivity contribution in [2.45, 2.75) is 33.1 Å². The third-order valence-corrected chi connectivity index (χ3v) is 5.86. The van der Waals surface area contributed by atoms with Crippen LogP contribution in [0.4, 0.5) is 17.6 Å². The molecule has 2 aromatic carbocycles. The van der Waals surface area contributed by atoms with E-state index in [0.29, 0.717) is 53.6 Å². The Labute approximate surface area is 208 Å². The van der Waals surface area contributed by atoms with Crippen molar-refractivity contribution in [1.29, 1.82) is 0 Å². The molecule has 1 aliphatic rings. The second-order valence-corrected chi connectivity index (χ2v) is 8.85. The molecule has 0 bridgehead atoms. The van der Waals surface area contributed by atoms with Gasteiger partial charge >= 0.3 is 0 Å². The number of nitrogens with one attached hydrogen (secondary N) is 2. The lowest BCUT2D eigenvalue weighted by molar-refractivity contribution is -0.117. The van der Waals surface area contributed by atoms with Crippen LogP contribution in [0.2, 0.25) is 10.0 Å². The molecule has 0 spiro atoms. The third-order valence-electron chi connectivity index (χ3n) is 5.12. The minimum Gasteiger partial charge on any atom is -0.324 e. The molecular formula is C25H24Cl2N6O. The van der Waals surface area contributed by atoms with E-state index in [1.807, 2.05) is 50.3 Å². The molecule has 0 saturated carbocycles. The predicted molar refractivity (Wildman–Crippen MR) is 137 cm³/mol. The highest BCUT2D eigenvalue weighted by atomic mass is 35.5. The predicted octanol–water partition coefficient (Wildman–Crippen LogP) is 5.61. The quantitative estimate of drug-likeness (QED) is 0.422. The molecule has 2 heterocycles. The van der Waals surface area contributed by atoms with E-state index < -0.39 is 0 Å². The summed E-state index contributed by atoms with van der Waals surface area (Å²) in [6.45, 7) is 4.70. The maximum Gasteiger partial charge on any atom is 0.233 e. The number of aryl methyl sites for hydroxylation is 1. The summed E-state index contributed by atoms with van der Waals surface area (Å²) in [5.74, 6) is 2.40. The normalized spacial score (nSPS) is 12.8. The number of aliphatic imine (C=N–C) groups is 1. The van der Waals surface area contributed by atoms with Crippen LogP contribution in [0.1, 0.15) is 30.8 Å². The first-order chi connectivity index (χ1) is 16.4. The van der Waals surface area contributed by atoms with Crippen LogP contribution >= 0.6 is 23.2 Å². The maximum atomic E-state index is 12.5. The van der Waals surface area contributed by atoms with Gasteiger partial charge in [-0.15, -0.1) is 0 Å². The Kier molecular flexibility index (Phi) is 7.55. The smallest absolute Gasteiger partial charge is 0.233 e. The number of amidine groups is 1. The van der Waals surface area contributed by atoms with Crippen molar-refractivity contribution >= 4 is 52.4 Å². The number of ketones is 1. The van der Waals surface area contributed by atoms with Gasteiger partial charge in [-0.1, -0.05) is 48.3 Å². The lowest BCUT2D eigenvalue weighted by Gasteiger charge is -2.10. The second-order valence-electron chi connectivity index (χ2n) is 8.03. The van der Waals surface area contributed by atoms with Gasteiger partial charge in [0, 0.05) is 24.9 Å². The van der Waals surface area contributed by atoms with Gasteiger partial charge in [-0.3, -0.25) is 9.79 Å². The summed E-state index contributed by atoms with van der Waals surface area (Å²) in [7, 11) is 0. The van der Waals surface area contributed by atoms with Crippen LogP contribution in [0.25, 0.3) is 0 Å². The lowest BCUT2D eigenvalue weighted by Crippen LogP contribution is -2.13. The first kappa shape index (κ1) is 23.9. The fourth-order valence-electron chi connectivity index (χ4n) is 3.42. The summed E-state index contributed by atoms with van der Waals surface area (Å²) in [6.07, 6.45) is 3.28. The van der Waals surface area contributed by atoms with E-state index in [2.05, 4.69) is 30.6 Å². The number of hydrogen-bond donors (Lipinski definition) is 2. The summed E-state index contributed by atoms with van der Waals surface area (Å²) in [5.41, 5.74) is 3.76. The van der Waals surface area contributed by atoms with Gasteiger partial charge in [0.1, 0.15) is 17.4 Å². The average Bonchev–Trinajstić information content (AvgIpc) is 3.21. The zero-order valence-electron chi connectivity index (χ0n) is 18.9. The van der Waals surface area contributed by atoms with Crippen LogP contribution in [-0.2, 0) is 24.1 Å². The zero-order valence-corrected chi connectivity index (χ0v) is 20.4. The Bertz CT molecular complexity index is 1270. The number of carbonyl (C=O) groups is 1. The topological polar surface area (TPSA) is 92.2 Å². The lowest BCUT2D eigenvalue weighted by atomic mass is 10.0. The number of halogens is 2. The van der Waals surface area contributed by atoms with Gasteiger partial charge in [-0.25, -0.2) is 0 Å². The van der Waals surface area contributed by atoms with Gasteiger partial charge in [0.2, 0.25) is 11.9 Å². The molecule has 0 amide bonds. The van der Waals surface area contributed by atoms with E-state index in [9.17, 15) is 4.79 Å². The number of hydrogen-bond acceptors (Lipinski definition) is 7. The molecule has 0 radical (unpaired) electrons. The van der Waals surface area contributed by atoms with Gasteiger partial charge in [-0.05, 0) is 54.0 Å². The molecule has 3 aromatic rings. The summed E-state index contributed by atoms with van der Waals surface area (Å²) in [6, 6.07) is 12.9. The Balaban J connectivity index is 1.39. The first-order valence-corrected chi connectivity index (χ1v) is 11.7.